The van der Waals surface area contributed by atoms with Crippen molar-refractivity contribution in [3.63, 3.8) is 0 Å². The smallest absolute Gasteiger partial charge is 0.175 e. The number of rotatable bonds is 3. The lowest BCUT2D eigenvalue weighted by Gasteiger charge is -2.13. The zero-order chi connectivity index (χ0) is 14.0. The number of halogens is 1. The lowest BCUT2D eigenvalue weighted by molar-refractivity contribution is 0.601. The second-order valence-corrected chi connectivity index (χ2v) is 6.27. The summed E-state index contributed by atoms with van der Waals surface area (Å²) in [6, 6.07) is 6.96. The van der Waals surface area contributed by atoms with Crippen LogP contribution in [-0.2, 0) is 9.84 Å². The van der Waals surface area contributed by atoms with Crippen molar-refractivity contribution in [2.75, 3.05) is 6.26 Å². The number of nitrogens with zero attached hydrogens (tertiary/aromatic N) is 1. The van der Waals surface area contributed by atoms with E-state index in [1.54, 1.807) is 12.1 Å². The highest BCUT2D eigenvalue weighted by atomic mass is 32.2. The molecular weight excluding hydrogens is 267 g/mol. The summed E-state index contributed by atoms with van der Waals surface area (Å²) in [4.78, 5) is 3.91. The van der Waals surface area contributed by atoms with Crippen LogP contribution in [0.2, 0.25) is 0 Å². The fourth-order valence-corrected chi connectivity index (χ4v) is 2.41. The summed E-state index contributed by atoms with van der Waals surface area (Å²) < 4.78 is 36.1. The zero-order valence-electron chi connectivity index (χ0n) is 10.2. The minimum atomic E-state index is -3.29. The van der Waals surface area contributed by atoms with Crippen LogP contribution >= 0.6 is 0 Å². The molecule has 0 spiro atoms. The Morgan fingerprint density at radius 3 is 2.58 bits per heavy atom. The number of benzene rings is 1. The molecule has 19 heavy (non-hydrogen) atoms. The van der Waals surface area contributed by atoms with Gasteiger partial charge in [-0.05, 0) is 29.3 Å². The SMILES string of the molecule is CS(=O)(=O)c1cccc(C(N)c2cncc(F)c2)c1. The maximum atomic E-state index is 13.1. The van der Waals surface area contributed by atoms with Crippen LogP contribution in [0.1, 0.15) is 17.2 Å². The highest BCUT2D eigenvalue weighted by Gasteiger charge is 2.13. The predicted octanol–water partition coefficient (Wildman–Crippen LogP) is 1.67. The Kier molecular flexibility index (Phi) is 3.64. The number of hydrogen-bond acceptors (Lipinski definition) is 4. The molecule has 1 atom stereocenters. The van der Waals surface area contributed by atoms with Crippen molar-refractivity contribution in [2.45, 2.75) is 10.9 Å². The minimum absolute atomic E-state index is 0.185. The van der Waals surface area contributed by atoms with E-state index >= 15 is 0 Å². The van der Waals surface area contributed by atoms with Crippen molar-refractivity contribution in [3.8, 4) is 0 Å². The van der Waals surface area contributed by atoms with E-state index in [9.17, 15) is 12.8 Å². The Bertz CT molecular complexity index is 701. The molecule has 1 heterocycles. The molecule has 0 saturated heterocycles. The molecular formula is C13H13FN2O2S. The van der Waals surface area contributed by atoms with Gasteiger partial charge in [-0.1, -0.05) is 12.1 Å². The lowest BCUT2D eigenvalue weighted by Crippen LogP contribution is -2.13. The third-order valence-electron chi connectivity index (χ3n) is 2.73. The fourth-order valence-electron chi connectivity index (χ4n) is 1.73. The molecule has 0 bridgehead atoms. The van der Waals surface area contributed by atoms with Gasteiger partial charge in [0.1, 0.15) is 5.82 Å². The molecule has 4 nitrogen and oxygen atoms in total. The topological polar surface area (TPSA) is 73.0 Å². The number of nitrogens with two attached hydrogens (primary N) is 1. The number of sulfone groups is 1. The maximum absolute atomic E-state index is 13.1. The van der Waals surface area contributed by atoms with E-state index in [-0.39, 0.29) is 4.90 Å². The third kappa shape index (κ3) is 3.15. The Hall–Kier alpha value is -1.79. The summed E-state index contributed by atoms with van der Waals surface area (Å²) in [5.74, 6) is -0.479. The Balaban J connectivity index is 2.42. The number of aromatic nitrogens is 1. The Morgan fingerprint density at radius 1 is 1.21 bits per heavy atom. The molecule has 2 rings (SSSR count). The highest BCUT2D eigenvalue weighted by Crippen LogP contribution is 2.22. The number of pyridine rings is 1. The Labute approximate surface area is 111 Å². The van der Waals surface area contributed by atoms with Gasteiger partial charge in [0.25, 0.3) is 0 Å². The van der Waals surface area contributed by atoms with Gasteiger partial charge in [-0.25, -0.2) is 12.8 Å². The van der Waals surface area contributed by atoms with Crippen LogP contribution in [0.3, 0.4) is 0 Å². The molecule has 1 aromatic carbocycles. The summed E-state index contributed by atoms with van der Waals surface area (Å²) in [5.41, 5.74) is 7.08. The summed E-state index contributed by atoms with van der Waals surface area (Å²) >= 11 is 0. The molecule has 1 aromatic heterocycles. The lowest BCUT2D eigenvalue weighted by atomic mass is 10.0. The van der Waals surface area contributed by atoms with E-state index in [1.807, 2.05) is 0 Å². The first kappa shape index (κ1) is 13.6. The van der Waals surface area contributed by atoms with Crippen LogP contribution in [0.15, 0.2) is 47.6 Å². The van der Waals surface area contributed by atoms with E-state index in [2.05, 4.69) is 4.98 Å². The normalized spacial score (nSPS) is 13.2. The van der Waals surface area contributed by atoms with Gasteiger partial charge in [0.15, 0.2) is 9.84 Å². The van der Waals surface area contributed by atoms with E-state index < -0.39 is 21.7 Å². The molecule has 0 aliphatic heterocycles. The first-order valence-corrected chi connectivity index (χ1v) is 7.43. The van der Waals surface area contributed by atoms with Crippen molar-refractivity contribution < 1.29 is 12.8 Å². The predicted molar refractivity (Wildman–Crippen MR) is 69.8 cm³/mol. The van der Waals surface area contributed by atoms with E-state index in [0.717, 1.165) is 12.5 Å². The minimum Gasteiger partial charge on any atom is -0.320 e. The molecule has 1 unspecified atom stereocenters. The van der Waals surface area contributed by atoms with Gasteiger partial charge < -0.3 is 5.73 Å². The molecule has 0 saturated carbocycles. The molecule has 100 valence electrons. The van der Waals surface area contributed by atoms with E-state index in [0.29, 0.717) is 11.1 Å². The van der Waals surface area contributed by atoms with Gasteiger partial charge in [0.05, 0.1) is 17.1 Å². The van der Waals surface area contributed by atoms with Gasteiger partial charge in [-0.15, -0.1) is 0 Å². The van der Waals surface area contributed by atoms with Crippen LogP contribution in [0.25, 0.3) is 0 Å². The molecule has 0 fully saturated rings. The first-order valence-electron chi connectivity index (χ1n) is 5.54. The van der Waals surface area contributed by atoms with Crippen molar-refractivity contribution in [1.29, 1.82) is 0 Å². The second-order valence-electron chi connectivity index (χ2n) is 4.26. The molecule has 0 aliphatic rings. The Morgan fingerprint density at radius 2 is 1.95 bits per heavy atom. The van der Waals surface area contributed by atoms with Gasteiger partial charge in [0, 0.05) is 12.5 Å². The molecule has 0 amide bonds. The van der Waals surface area contributed by atoms with E-state index in [1.165, 1.54) is 24.4 Å². The zero-order valence-corrected chi connectivity index (χ0v) is 11.1. The quantitative estimate of drug-likeness (QED) is 0.928. The monoisotopic (exact) mass is 280 g/mol. The van der Waals surface area contributed by atoms with Crippen LogP contribution in [0, 0.1) is 5.82 Å². The average molecular weight is 280 g/mol. The van der Waals surface area contributed by atoms with Gasteiger partial charge in [0.2, 0.25) is 0 Å². The summed E-state index contributed by atoms with van der Waals surface area (Å²) in [6.07, 6.45) is 3.67. The van der Waals surface area contributed by atoms with Crippen molar-refractivity contribution >= 4 is 9.84 Å². The fraction of sp³-hybridized carbons (Fsp3) is 0.154. The van der Waals surface area contributed by atoms with Crippen molar-refractivity contribution in [1.82, 2.24) is 4.98 Å². The average Bonchev–Trinajstić information content (AvgIpc) is 2.37. The largest absolute Gasteiger partial charge is 0.320 e. The molecule has 2 aromatic rings. The van der Waals surface area contributed by atoms with E-state index in [4.69, 9.17) is 5.73 Å². The van der Waals surface area contributed by atoms with Crippen LogP contribution in [0.4, 0.5) is 4.39 Å². The summed E-state index contributed by atoms with van der Waals surface area (Å²) in [5, 5.41) is 0. The molecule has 0 radical (unpaired) electrons. The summed E-state index contributed by atoms with van der Waals surface area (Å²) in [6.45, 7) is 0. The highest BCUT2D eigenvalue weighted by molar-refractivity contribution is 7.90. The van der Waals surface area contributed by atoms with Gasteiger partial charge >= 0.3 is 0 Å². The van der Waals surface area contributed by atoms with Crippen molar-refractivity contribution in [2.24, 2.45) is 5.73 Å². The van der Waals surface area contributed by atoms with Crippen LogP contribution in [-0.4, -0.2) is 19.7 Å². The third-order valence-corrected chi connectivity index (χ3v) is 3.84. The standard InChI is InChI=1S/C13H13FN2O2S/c1-19(17,18)12-4-2-3-9(6-12)13(15)10-5-11(14)8-16-7-10/h2-8,13H,15H2,1H3. The van der Waals surface area contributed by atoms with Crippen molar-refractivity contribution in [3.05, 3.63) is 59.7 Å². The van der Waals surface area contributed by atoms with Gasteiger partial charge in [-0.2, -0.15) is 0 Å². The van der Waals surface area contributed by atoms with Crippen LogP contribution < -0.4 is 5.73 Å². The van der Waals surface area contributed by atoms with Gasteiger partial charge in [-0.3, -0.25) is 4.98 Å². The maximum Gasteiger partial charge on any atom is 0.175 e. The van der Waals surface area contributed by atoms with Crippen LogP contribution in [0.5, 0.6) is 0 Å². The molecule has 6 heteroatoms. The first-order chi connectivity index (χ1) is 8.88. The second kappa shape index (κ2) is 5.07. The molecule has 0 aliphatic carbocycles. The summed E-state index contributed by atoms with van der Waals surface area (Å²) in [7, 11) is -3.29. The molecule has 2 N–H and O–H groups in total. The number of hydrogen-bond donors (Lipinski definition) is 1.